The van der Waals surface area contributed by atoms with E-state index < -0.39 is 152 Å². The van der Waals surface area contributed by atoms with Gasteiger partial charge >= 0.3 is 35.8 Å². The van der Waals surface area contributed by atoms with Gasteiger partial charge in [-0.2, -0.15) is 4.58 Å². The number of phenolic OH excluding ortho intramolecular Hbond substituents is 1. The molecule has 4 aliphatic rings. The predicted molar refractivity (Wildman–Crippen MR) is 191 cm³/mol. The van der Waals surface area contributed by atoms with Crippen LogP contribution in [0.5, 0.6) is 11.5 Å². The zero-order valence-electron chi connectivity index (χ0n) is 31.7. The topological polar surface area (TPSA) is 406 Å². The Labute approximate surface area is 342 Å². The smallest absolute Gasteiger partial charge is 0.373 e. The van der Waals surface area contributed by atoms with E-state index in [4.69, 9.17) is 28.8 Å². The van der Waals surface area contributed by atoms with Gasteiger partial charge in [0.1, 0.15) is 55.0 Å². The Morgan fingerprint density at radius 1 is 0.852 bits per heavy atom. The first kappa shape index (κ1) is 46.3. The van der Waals surface area contributed by atoms with Gasteiger partial charge in [0.2, 0.25) is 12.0 Å². The number of aromatic hydroxyl groups is 1. The summed E-state index contributed by atoms with van der Waals surface area (Å²) in [6.45, 7) is 0.163. The Balaban J connectivity index is 1.46. The minimum Gasteiger partial charge on any atom is -0.504 e. The normalized spacial score (nSPS) is 33.4. The highest BCUT2D eigenvalue weighted by Gasteiger charge is 2.53. The second-order valence-corrected chi connectivity index (χ2v) is 14.8. The van der Waals surface area contributed by atoms with Crippen molar-refractivity contribution in [3.63, 3.8) is 0 Å². The maximum Gasteiger partial charge on any atom is 0.373 e. The van der Waals surface area contributed by atoms with Crippen LogP contribution in [0.25, 0.3) is 0 Å². The number of rotatable bonds is 15. The molecule has 0 aromatic heterocycles. The van der Waals surface area contributed by atoms with Crippen molar-refractivity contribution in [3.8, 4) is 11.5 Å². The average molecular weight is 872 g/mol. The van der Waals surface area contributed by atoms with Crippen LogP contribution in [0.1, 0.15) is 31.7 Å². The molecule has 0 unspecified atom stereocenters. The van der Waals surface area contributed by atoms with Crippen LogP contribution in [-0.4, -0.2) is 194 Å². The first-order valence-corrected chi connectivity index (χ1v) is 18.2. The lowest BCUT2D eigenvalue weighted by molar-refractivity contribution is -0.456. The molecule has 1 aromatic carbocycles. The van der Waals surface area contributed by atoms with E-state index in [9.17, 15) is 84.9 Å². The molecule has 25 heteroatoms. The van der Waals surface area contributed by atoms with Crippen LogP contribution in [0.3, 0.4) is 0 Å². The van der Waals surface area contributed by atoms with Gasteiger partial charge in [-0.15, -0.1) is 0 Å². The van der Waals surface area contributed by atoms with Crippen LogP contribution >= 0.6 is 0 Å². The average Bonchev–Trinajstić information content (AvgIpc) is 3.52. The van der Waals surface area contributed by atoms with Gasteiger partial charge in [0.05, 0.1) is 30.9 Å². The molecule has 25 nitrogen and oxygen atoms in total. The zero-order valence-corrected chi connectivity index (χ0v) is 31.7. The highest BCUT2D eigenvalue weighted by molar-refractivity contribution is 5.89. The van der Waals surface area contributed by atoms with E-state index >= 15 is 0 Å². The molecule has 4 aliphatic heterocycles. The molecular formula is C36H43N2O23+. The molecule has 0 radical (unpaired) electrons. The van der Waals surface area contributed by atoms with Crippen LogP contribution in [-0.2, 0) is 54.1 Å². The number of aliphatic carboxylic acids is 5. The highest BCUT2D eigenvalue weighted by atomic mass is 16.8. The van der Waals surface area contributed by atoms with E-state index in [-0.39, 0.29) is 29.7 Å². The molecule has 13 N–H and O–H groups in total. The van der Waals surface area contributed by atoms with Gasteiger partial charge in [-0.1, -0.05) is 0 Å². The van der Waals surface area contributed by atoms with Gasteiger partial charge in [-0.25, -0.2) is 19.2 Å². The van der Waals surface area contributed by atoms with Crippen molar-refractivity contribution >= 4 is 47.7 Å². The summed E-state index contributed by atoms with van der Waals surface area (Å²) in [6, 6.07) is -0.451. The molecule has 0 spiro atoms. The first-order valence-electron chi connectivity index (χ1n) is 18.2. The molecule has 2 saturated heterocycles. The van der Waals surface area contributed by atoms with E-state index in [1.54, 1.807) is 0 Å². The van der Waals surface area contributed by atoms with Gasteiger partial charge in [-0.3, -0.25) is 9.59 Å². The third-order valence-corrected chi connectivity index (χ3v) is 10.0. The molecule has 61 heavy (non-hydrogen) atoms. The number of aliphatic hydroxyl groups is 6. The van der Waals surface area contributed by atoms with Crippen molar-refractivity contribution in [2.45, 2.75) is 112 Å². The monoisotopic (exact) mass is 871 g/mol. The Bertz CT molecular complexity index is 2010. The SMILES string of the molecule is C[C@@](O)(CC(=O)O)CC(=O)OC[C@H]1O[C@@H](Oc2cc3c(cc2O)[N+](=C/C=C2\C=C(C(=O)O)N[C@H](C(=O)O)C2)[C@H](C(=O)O)C3)[C@H](O[C@@H]2O[C@H](C(=O)O)[C@@H](O)[C@H](O)[C@@H]2O)[C@@H](O)[C@H]1O. The Hall–Kier alpha value is -5.77. The summed E-state index contributed by atoms with van der Waals surface area (Å²) >= 11 is 0. The Morgan fingerprint density at radius 3 is 2.15 bits per heavy atom. The molecular weight excluding hydrogens is 828 g/mol. The lowest BCUT2D eigenvalue weighted by Crippen LogP contribution is -2.65. The zero-order chi connectivity index (χ0) is 45.2. The fourth-order valence-corrected chi connectivity index (χ4v) is 6.94. The minimum atomic E-state index is -2.18. The fourth-order valence-electron chi connectivity index (χ4n) is 6.94. The number of carboxylic acids is 5. The van der Waals surface area contributed by atoms with Crippen LogP contribution < -0.4 is 10.1 Å². The van der Waals surface area contributed by atoms with Crippen LogP contribution in [0.4, 0.5) is 5.69 Å². The Kier molecular flexibility index (Phi) is 14.0. The number of allylic oxidation sites excluding steroid dienone is 2. The molecule has 0 aliphatic carbocycles. The van der Waals surface area contributed by atoms with Gasteiger partial charge in [-0.05, 0) is 24.6 Å². The number of benzene rings is 1. The maximum atomic E-state index is 12.5. The number of aliphatic hydroxyl groups excluding tert-OH is 5. The van der Waals surface area contributed by atoms with Crippen molar-refractivity contribution < 1.29 is 118 Å². The van der Waals surface area contributed by atoms with E-state index in [2.05, 4.69) is 5.32 Å². The summed E-state index contributed by atoms with van der Waals surface area (Å²) in [4.78, 5) is 70.9. The standard InChI is InChI=1S/C36H42N2O23/c1-36(56,9-21(40)41)10-22(42)57-11-20-23(43)25(45)29(61-34-27(47)24(44)26(46)28(60-34)33(54)55)35(59-20)58-19-7-13-6-17(32(52)53)38(16(13)8-18(19)39)3-2-12-4-14(30(48)49)37-15(5-12)31(50)51/h2-4,7-8,15,17,20,23-29,34-35,43-47,56H,5-6,9-11H2,1H3,(H6,39,40,41,48,49,50,51,52,53,54,55)/p+1/t15-,17-,20+,23-,24-,25-,26-,27-,28-,29+,34-,35+,36+/m0/s1. The summed E-state index contributed by atoms with van der Waals surface area (Å²) in [7, 11) is 0. The number of hydrogen-bond acceptors (Lipinski definition) is 19. The number of carbonyl (C=O) groups excluding carboxylic acids is 1. The predicted octanol–water partition coefficient (Wildman–Crippen LogP) is -4.28. The van der Waals surface area contributed by atoms with Crippen LogP contribution in [0.15, 0.2) is 35.6 Å². The number of nitrogens with zero attached hydrogens (tertiary/aromatic N) is 1. The summed E-state index contributed by atoms with van der Waals surface area (Å²) in [5.74, 6) is -9.76. The molecule has 1 aromatic rings. The van der Waals surface area contributed by atoms with E-state index in [1.807, 2.05) is 0 Å². The number of fused-ring (bicyclic) bond motifs is 1. The molecule has 0 saturated carbocycles. The maximum absolute atomic E-state index is 12.5. The minimum absolute atomic E-state index is 0.0858. The lowest BCUT2D eigenvalue weighted by Gasteiger charge is -2.45. The molecule has 13 atom stereocenters. The van der Waals surface area contributed by atoms with Gasteiger partial charge in [0, 0.05) is 18.1 Å². The van der Waals surface area contributed by atoms with Gasteiger partial charge in [0.15, 0.2) is 36.2 Å². The molecule has 0 amide bonds. The number of phenols is 1. The summed E-state index contributed by atoms with van der Waals surface area (Å²) in [5, 5.41) is 125. The van der Waals surface area contributed by atoms with E-state index in [0.717, 1.165) is 25.1 Å². The third kappa shape index (κ3) is 10.6. The largest absolute Gasteiger partial charge is 0.504 e. The van der Waals surface area contributed by atoms with Crippen molar-refractivity contribution in [2.75, 3.05) is 6.61 Å². The number of ether oxygens (including phenoxy) is 5. The molecule has 4 heterocycles. The quantitative estimate of drug-likeness (QED) is 0.0586. The van der Waals surface area contributed by atoms with E-state index in [0.29, 0.717) is 0 Å². The number of carbonyl (C=O) groups is 6. The van der Waals surface area contributed by atoms with Crippen molar-refractivity contribution in [1.29, 1.82) is 0 Å². The van der Waals surface area contributed by atoms with Crippen molar-refractivity contribution in [3.05, 3.63) is 41.1 Å². The molecule has 0 bridgehead atoms. The number of esters is 1. The molecule has 334 valence electrons. The second kappa shape index (κ2) is 18.5. The lowest BCUT2D eigenvalue weighted by atomic mass is 9.97. The number of hydrogen-bond donors (Lipinski definition) is 13. The summed E-state index contributed by atoms with van der Waals surface area (Å²) in [5.41, 5.74) is -2.00. The Morgan fingerprint density at radius 2 is 1.54 bits per heavy atom. The van der Waals surface area contributed by atoms with Crippen molar-refractivity contribution in [2.24, 2.45) is 0 Å². The summed E-state index contributed by atoms with van der Waals surface area (Å²) in [6.07, 6.45) is -19.3. The first-order chi connectivity index (χ1) is 28.5. The van der Waals surface area contributed by atoms with E-state index in [1.165, 1.54) is 16.9 Å². The fraction of sp³-hybridized carbons (Fsp3) is 0.528. The number of nitrogens with one attached hydrogen (secondary N) is 1. The van der Waals surface area contributed by atoms with Crippen molar-refractivity contribution in [1.82, 2.24) is 5.32 Å². The van der Waals surface area contributed by atoms with Gasteiger partial charge < -0.3 is 90.3 Å². The van der Waals surface area contributed by atoms with Crippen LogP contribution in [0.2, 0.25) is 0 Å². The van der Waals surface area contributed by atoms with Crippen LogP contribution in [0, 0.1) is 0 Å². The van der Waals surface area contributed by atoms with Gasteiger partial charge in [0.25, 0.3) is 6.04 Å². The second-order valence-electron chi connectivity index (χ2n) is 14.8. The third-order valence-electron chi connectivity index (χ3n) is 10.0. The number of carboxylic acid groups (broad SMARTS) is 5. The molecule has 2 fully saturated rings. The highest BCUT2D eigenvalue weighted by Crippen LogP contribution is 2.41. The molecule has 5 rings (SSSR count). The summed E-state index contributed by atoms with van der Waals surface area (Å²) < 4.78 is 28.6.